The SMILES string of the molecule is COc1cccc(OC)c1C1COC(=O)N1Cc1ccc(OC(F)(F)F)cc1. The number of carbonyl (C=O) groups is 1. The van der Waals surface area contributed by atoms with Crippen LogP contribution in [-0.2, 0) is 11.3 Å². The van der Waals surface area contributed by atoms with E-state index >= 15 is 0 Å². The highest BCUT2D eigenvalue weighted by atomic mass is 19.4. The molecule has 2 aromatic carbocycles. The molecule has 0 aromatic heterocycles. The molecule has 0 bridgehead atoms. The molecule has 0 N–H and O–H groups in total. The molecule has 9 heteroatoms. The highest BCUT2D eigenvalue weighted by molar-refractivity contribution is 5.71. The summed E-state index contributed by atoms with van der Waals surface area (Å²) in [5, 5.41) is 0. The molecule has 1 aliphatic rings. The smallest absolute Gasteiger partial charge is 0.496 e. The number of alkyl halides is 3. The van der Waals surface area contributed by atoms with Crippen molar-refractivity contribution in [3.63, 3.8) is 0 Å². The maximum Gasteiger partial charge on any atom is 0.573 e. The van der Waals surface area contributed by atoms with Crippen LogP contribution < -0.4 is 14.2 Å². The third-order valence-electron chi connectivity index (χ3n) is 4.28. The van der Waals surface area contributed by atoms with Crippen molar-refractivity contribution in [3.8, 4) is 17.2 Å². The van der Waals surface area contributed by atoms with Crippen LogP contribution in [-0.4, -0.2) is 38.2 Å². The summed E-state index contributed by atoms with van der Waals surface area (Å²) in [6.45, 7) is 0.238. The standard InChI is InChI=1S/C19H18F3NO5/c1-25-15-4-3-5-16(26-2)17(15)14-11-27-18(24)23(14)10-12-6-8-13(9-7-12)28-19(20,21)22/h3-9,14H,10-11H2,1-2H3. The Morgan fingerprint density at radius 3 is 2.21 bits per heavy atom. The van der Waals surface area contributed by atoms with E-state index in [-0.39, 0.29) is 18.9 Å². The Hall–Kier alpha value is -3.10. The quantitative estimate of drug-likeness (QED) is 0.728. The van der Waals surface area contributed by atoms with Gasteiger partial charge in [0.1, 0.15) is 29.9 Å². The second-order valence-corrected chi connectivity index (χ2v) is 5.99. The fourth-order valence-corrected chi connectivity index (χ4v) is 3.07. The molecule has 1 unspecified atom stereocenters. The van der Waals surface area contributed by atoms with Crippen LogP contribution in [0.3, 0.4) is 0 Å². The molecule has 150 valence electrons. The van der Waals surface area contributed by atoms with Gasteiger partial charge in [0.25, 0.3) is 0 Å². The molecule has 1 atom stereocenters. The van der Waals surface area contributed by atoms with E-state index in [1.165, 1.54) is 43.4 Å². The average molecular weight is 397 g/mol. The molecular formula is C19H18F3NO5. The van der Waals surface area contributed by atoms with Crippen LogP contribution in [0.25, 0.3) is 0 Å². The summed E-state index contributed by atoms with van der Waals surface area (Å²) in [6, 6.07) is 10.1. The van der Waals surface area contributed by atoms with E-state index in [0.29, 0.717) is 22.6 Å². The van der Waals surface area contributed by atoms with Gasteiger partial charge in [-0.2, -0.15) is 0 Å². The Morgan fingerprint density at radius 2 is 1.68 bits per heavy atom. The first-order chi connectivity index (χ1) is 13.3. The van der Waals surface area contributed by atoms with E-state index in [9.17, 15) is 18.0 Å². The monoisotopic (exact) mass is 397 g/mol. The molecule has 0 aliphatic carbocycles. The summed E-state index contributed by atoms with van der Waals surface area (Å²) in [5.41, 5.74) is 1.28. The summed E-state index contributed by atoms with van der Waals surface area (Å²) in [7, 11) is 3.03. The van der Waals surface area contributed by atoms with Gasteiger partial charge in [-0.15, -0.1) is 13.2 Å². The first-order valence-electron chi connectivity index (χ1n) is 8.31. The molecule has 1 fully saturated rings. The second-order valence-electron chi connectivity index (χ2n) is 5.99. The number of nitrogens with zero attached hydrogens (tertiary/aromatic N) is 1. The van der Waals surface area contributed by atoms with Gasteiger partial charge in [0.15, 0.2) is 0 Å². The maximum absolute atomic E-state index is 12.3. The van der Waals surface area contributed by atoms with Gasteiger partial charge in [-0.1, -0.05) is 18.2 Å². The Bertz CT molecular complexity index is 816. The lowest BCUT2D eigenvalue weighted by Gasteiger charge is -2.25. The summed E-state index contributed by atoms with van der Waals surface area (Å²) >= 11 is 0. The van der Waals surface area contributed by atoms with Crippen LogP contribution in [0.2, 0.25) is 0 Å². The fourth-order valence-electron chi connectivity index (χ4n) is 3.07. The van der Waals surface area contributed by atoms with Crippen LogP contribution in [0.1, 0.15) is 17.2 Å². The van der Waals surface area contributed by atoms with Crippen molar-refractivity contribution in [2.45, 2.75) is 18.9 Å². The van der Waals surface area contributed by atoms with Crippen LogP contribution in [0.4, 0.5) is 18.0 Å². The molecule has 0 spiro atoms. The average Bonchev–Trinajstić information content (AvgIpc) is 3.01. The molecular weight excluding hydrogens is 379 g/mol. The molecule has 28 heavy (non-hydrogen) atoms. The zero-order valence-electron chi connectivity index (χ0n) is 15.2. The van der Waals surface area contributed by atoms with Crippen LogP contribution in [0, 0.1) is 0 Å². The van der Waals surface area contributed by atoms with E-state index in [1.807, 2.05) is 0 Å². The number of cyclic esters (lactones) is 1. The summed E-state index contributed by atoms with van der Waals surface area (Å²) < 4.78 is 56.7. The van der Waals surface area contributed by atoms with Crippen LogP contribution in [0.5, 0.6) is 17.2 Å². The van der Waals surface area contributed by atoms with Gasteiger partial charge in [0.2, 0.25) is 0 Å². The molecule has 0 radical (unpaired) electrons. The van der Waals surface area contributed by atoms with E-state index < -0.39 is 18.5 Å². The Kier molecular flexibility index (Phi) is 5.53. The van der Waals surface area contributed by atoms with E-state index in [2.05, 4.69) is 4.74 Å². The predicted octanol–water partition coefficient (Wildman–Crippen LogP) is 4.30. The number of rotatable bonds is 6. The lowest BCUT2D eigenvalue weighted by molar-refractivity contribution is -0.274. The third kappa shape index (κ3) is 4.24. The van der Waals surface area contributed by atoms with Crippen molar-refractivity contribution in [1.29, 1.82) is 0 Å². The molecule has 3 rings (SSSR count). The highest BCUT2D eigenvalue weighted by Crippen LogP contribution is 2.40. The number of carbonyl (C=O) groups excluding carboxylic acids is 1. The van der Waals surface area contributed by atoms with Gasteiger partial charge >= 0.3 is 12.5 Å². The second kappa shape index (κ2) is 7.87. The zero-order valence-corrected chi connectivity index (χ0v) is 15.2. The third-order valence-corrected chi connectivity index (χ3v) is 4.28. The number of hydrogen-bond acceptors (Lipinski definition) is 5. The number of methoxy groups -OCH3 is 2. The molecule has 0 saturated carbocycles. The van der Waals surface area contributed by atoms with Gasteiger partial charge < -0.3 is 18.9 Å². The highest BCUT2D eigenvalue weighted by Gasteiger charge is 2.37. The molecule has 1 amide bonds. The first-order valence-corrected chi connectivity index (χ1v) is 8.31. The maximum atomic E-state index is 12.3. The van der Waals surface area contributed by atoms with Crippen molar-refractivity contribution in [2.75, 3.05) is 20.8 Å². The van der Waals surface area contributed by atoms with Gasteiger partial charge in [0, 0.05) is 6.54 Å². The predicted molar refractivity (Wildman–Crippen MR) is 92.3 cm³/mol. The number of amides is 1. The largest absolute Gasteiger partial charge is 0.573 e. The van der Waals surface area contributed by atoms with E-state index in [1.54, 1.807) is 18.2 Å². The number of ether oxygens (including phenoxy) is 4. The molecule has 2 aromatic rings. The van der Waals surface area contributed by atoms with Gasteiger partial charge in [-0.05, 0) is 29.8 Å². The molecule has 6 nitrogen and oxygen atoms in total. The van der Waals surface area contributed by atoms with E-state index in [4.69, 9.17) is 14.2 Å². The summed E-state index contributed by atoms with van der Waals surface area (Å²) in [4.78, 5) is 13.7. The van der Waals surface area contributed by atoms with Crippen molar-refractivity contribution in [3.05, 3.63) is 53.6 Å². The first kappa shape index (κ1) is 19.7. The number of benzene rings is 2. The van der Waals surface area contributed by atoms with Crippen molar-refractivity contribution in [2.24, 2.45) is 0 Å². The minimum Gasteiger partial charge on any atom is -0.496 e. The normalized spacial score (nSPS) is 16.7. The molecule has 1 aliphatic heterocycles. The van der Waals surface area contributed by atoms with E-state index in [0.717, 1.165) is 0 Å². The van der Waals surface area contributed by atoms with Crippen molar-refractivity contribution in [1.82, 2.24) is 4.90 Å². The molecule has 1 heterocycles. The van der Waals surface area contributed by atoms with Gasteiger partial charge in [0.05, 0.1) is 19.8 Å². The van der Waals surface area contributed by atoms with Crippen molar-refractivity contribution < 1.29 is 36.9 Å². The topological polar surface area (TPSA) is 57.2 Å². The lowest BCUT2D eigenvalue weighted by Crippen LogP contribution is -2.27. The van der Waals surface area contributed by atoms with Crippen molar-refractivity contribution >= 4 is 6.09 Å². The Labute approximate surface area is 159 Å². The summed E-state index contributed by atoms with van der Waals surface area (Å²) in [5.74, 6) is 0.756. The summed E-state index contributed by atoms with van der Waals surface area (Å²) in [6.07, 6.45) is -5.29. The van der Waals surface area contributed by atoms with Gasteiger partial charge in [-0.3, -0.25) is 4.90 Å². The fraction of sp³-hybridized carbons (Fsp3) is 0.316. The van der Waals surface area contributed by atoms with Crippen LogP contribution >= 0.6 is 0 Å². The number of halogens is 3. The minimum atomic E-state index is -4.76. The van der Waals surface area contributed by atoms with Gasteiger partial charge in [-0.25, -0.2) is 4.79 Å². The van der Waals surface area contributed by atoms with Crippen LogP contribution in [0.15, 0.2) is 42.5 Å². The molecule has 1 saturated heterocycles. The Balaban J connectivity index is 1.84. The number of hydrogen-bond donors (Lipinski definition) is 0. The lowest BCUT2D eigenvalue weighted by atomic mass is 10.0. The Morgan fingerprint density at radius 1 is 1.07 bits per heavy atom. The minimum absolute atomic E-state index is 0.102. The zero-order chi connectivity index (χ0) is 20.3.